The fourth-order valence-corrected chi connectivity index (χ4v) is 3.22. The lowest BCUT2D eigenvalue weighted by molar-refractivity contribution is 0.102. The average molecular weight is 340 g/mol. The number of fused-ring (bicyclic) bond motifs is 1. The van der Waals surface area contributed by atoms with Crippen LogP contribution in [0, 0.1) is 0 Å². The SMILES string of the molecule is O=C(Nc1cccc2nsnc12)c1csc(Br)c1. The zero-order chi connectivity index (χ0) is 12.5. The van der Waals surface area contributed by atoms with Crippen molar-refractivity contribution in [1.29, 1.82) is 0 Å². The number of hydrogen-bond donors (Lipinski definition) is 1. The number of carbonyl (C=O) groups is 1. The first-order valence-corrected chi connectivity index (χ1v) is 7.41. The first-order valence-electron chi connectivity index (χ1n) is 5.01. The Morgan fingerprint density at radius 3 is 3.00 bits per heavy atom. The molecule has 0 saturated carbocycles. The van der Waals surface area contributed by atoms with Crippen LogP contribution in [0.4, 0.5) is 5.69 Å². The van der Waals surface area contributed by atoms with Gasteiger partial charge in [0, 0.05) is 5.38 Å². The first-order chi connectivity index (χ1) is 8.74. The molecule has 0 spiro atoms. The lowest BCUT2D eigenvalue weighted by Gasteiger charge is -2.03. The Kier molecular flexibility index (Phi) is 3.11. The molecule has 18 heavy (non-hydrogen) atoms. The Morgan fingerprint density at radius 1 is 1.33 bits per heavy atom. The third-order valence-electron chi connectivity index (χ3n) is 2.36. The van der Waals surface area contributed by atoms with Crippen molar-refractivity contribution in [2.24, 2.45) is 0 Å². The lowest BCUT2D eigenvalue weighted by Crippen LogP contribution is -2.11. The maximum Gasteiger partial charge on any atom is 0.256 e. The molecule has 90 valence electrons. The van der Waals surface area contributed by atoms with E-state index in [1.807, 2.05) is 18.2 Å². The Bertz CT molecular complexity index is 722. The van der Waals surface area contributed by atoms with Gasteiger partial charge in [0.05, 0.1) is 26.8 Å². The lowest BCUT2D eigenvalue weighted by atomic mass is 10.2. The molecular formula is C11H6BrN3OS2. The topological polar surface area (TPSA) is 54.9 Å². The standard InChI is InChI=1S/C11H6BrN3OS2/c12-9-4-6(5-17-9)11(16)13-7-2-1-3-8-10(7)15-18-14-8/h1-5H,(H,13,16). The highest BCUT2D eigenvalue weighted by atomic mass is 79.9. The van der Waals surface area contributed by atoms with Crippen molar-refractivity contribution in [2.75, 3.05) is 5.32 Å². The molecule has 2 aromatic heterocycles. The number of nitrogens with zero attached hydrogens (tertiary/aromatic N) is 2. The number of benzene rings is 1. The van der Waals surface area contributed by atoms with Gasteiger partial charge < -0.3 is 5.32 Å². The van der Waals surface area contributed by atoms with Gasteiger partial charge in [0.2, 0.25) is 0 Å². The van der Waals surface area contributed by atoms with Crippen LogP contribution in [-0.4, -0.2) is 14.7 Å². The van der Waals surface area contributed by atoms with E-state index >= 15 is 0 Å². The van der Waals surface area contributed by atoms with Crippen molar-refractivity contribution in [3.8, 4) is 0 Å². The molecule has 0 aliphatic carbocycles. The monoisotopic (exact) mass is 339 g/mol. The minimum atomic E-state index is -0.141. The van der Waals surface area contributed by atoms with Gasteiger partial charge in [0.25, 0.3) is 5.91 Å². The van der Waals surface area contributed by atoms with E-state index in [1.165, 1.54) is 11.3 Å². The van der Waals surface area contributed by atoms with Crippen LogP contribution < -0.4 is 5.32 Å². The molecular weight excluding hydrogens is 334 g/mol. The molecule has 2 heterocycles. The zero-order valence-electron chi connectivity index (χ0n) is 8.88. The first kappa shape index (κ1) is 11.8. The normalized spacial score (nSPS) is 10.7. The second-order valence-electron chi connectivity index (χ2n) is 3.53. The molecule has 0 atom stereocenters. The van der Waals surface area contributed by atoms with E-state index in [2.05, 4.69) is 30.0 Å². The van der Waals surface area contributed by atoms with Gasteiger partial charge in [0.15, 0.2) is 0 Å². The van der Waals surface area contributed by atoms with Crippen LogP contribution in [0.5, 0.6) is 0 Å². The summed E-state index contributed by atoms with van der Waals surface area (Å²) < 4.78 is 9.25. The third kappa shape index (κ3) is 2.16. The maximum atomic E-state index is 12.0. The molecule has 0 fully saturated rings. The fraction of sp³-hybridized carbons (Fsp3) is 0. The maximum absolute atomic E-state index is 12.0. The number of halogens is 1. The van der Waals surface area contributed by atoms with Crippen molar-refractivity contribution < 1.29 is 4.79 Å². The summed E-state index contributed by atoms with van der Waals surface area (Å²) in [4.78, 5) is 12.0. The Labute approximate surface area is 119 Å². The van der Waals surface area contributed by atoms with Crippen molar-refractivity contribution >= 4 is 61.6 Å². The van der Waals surface area contributed by atoms with E-state index in [4.69, 9.17) is 0 Å². The molecule has 0 aliphatic heterocycles. The van der Waals surface area contributed by atoms with Crippen molar-refractivity contribution in [1.82, 2.24) is 8.75 Å². The molecule has 0 saturated heterocycles. The predicted octanol–water partition coefficient (Wildman–Crippen LogP) is 3.77. The number of hydrogen-bond acceptors (Lipinski definition) is 5. The van der Waals surface area contributed by atoms with Crippen molar-refractivity contribution in [2.45, 2.75) is 0 Å². The van der Waals surface area contributed by atoms with Gasteiger partial charge in [-0.1, -0.05) is 6.07 Å². The largest absolute Gasteiger partial charge is 0.320 e. The Balaban J connectivity index is 1.92. The van der Waals surface area contributed by atoms with Gasteiger partial charge >= 0.3 is 0 Å². The number of amides is 1. The van der Waals surface area contributed by atoms with Crippen LogP contribution in [0.25, 0.3) is 11.0 Å². The van der Waals surface area contributed by atoms with E-state index in [9.17, 15) is 4.79 Å². The molecule has 0 radical (unpaired) electrons. The van der Waals surface area contributed by atoms with Gasteiger partial charge in [-0.25, -0.2) is 0 Å². The molecule has 1 aromatic carbocycles. The quantitative estimate of drug-likeness (QED) is 0.773. The molecule has 4 nitrogen and oxygen atoms in total. The van der Waals surface area contributed by atoms with E-state index in [0.29, 0.717) is 11.3 Å². The van der Waals surface area contributed by atoms with Crippen LogP contribution in [0.1, 0.15) is 10.4 Å². The number of carbonyl (C=O) groups excluding carboxylic acids is 1. The highest BCUT2D eigenvalue weighted by molar-refractivity contribution is 9.11. The zero-order valence-corrected chi connectivity index (χ0v) is 12.1. The van der Waals surface area contributed by atoms with E-state index < -0.39 is 0 Å². The van der Waals surface area contributed by atoms with Crippen molar-refractivity contribution in [3.63, 3.8) is 0 Å². The summed E-state index contributed by atoms with van der Waals surface area (Å²) in [6, 6.07) is 7.33. The molecule has 1 amide bonds. The number of nitrogens with one attached hydrogen (secondary N) is 1. The number of rotatable bonds is 2. The summed E-state index contributed by atoms with van der Waals surface area (Å²) in [5, 5.41) is 4.66. The molecule has 0 unspecified atom stereocenters. The smallest absolute Gasteiger partial charge is 0.256 e. The number of anilines is 1. The molecule has 3 rings (SSSR count). The van der Waals surface area contributed by atoms with Gasteiger partial charge in [-0.15, -0.1) is 11.3 Å². The molecule has 1 N–H and O–H groups in total. The minimum absolute atomic E-state index is 0.141. The van der Waals surface area contributed by atoms with Crippen LogP contribution in [0.3, 0.4) is 0 Å². The summed E-state index contributed by atoms with van der Waals surface area (Å²) in [7, 11) is 0. The van der Waals surface area contributed by atoms with E-state index in [-0.39, 0.29) is 5.91 Å². The molecule has 0 bridgehead atoms. The summed E-state index contributed by atoms with van der Waals surface area (Å²) in [6.07, 6.45) is 0. The van der Waals surface area contributed by atoms with E-state index in [1.54, 1.807) is 11.4 Å². The van der Waals surface area contributed by atoms with Crippen LogP contribution >= 0.6 is 39.0 Å². The minimum Gasteiger partial charge on any atom is -0.320 e. The second-order valence-corrected chi connectivity index (χ2v) is 6.35. The summed E-state index contributed by atoms with van der Waals surface area (Å²) in [6.45, 7) is 0. The summed E-state index contributed by atoms with van der Waals surface area (Å²) >= 11 is 5.95. The van der Waals surface area contributed by atoms with Crippen LogP contribution in [-0.2, 0) is 0 Å². The van der Waals surface area contributed by atoms with Gasteiger partial charge in [-0.2, -0.15) is 8.75 Å². The molecule has 3 aromatic rings. The van der Waals surface area contributed by atoms with Crippen molar-refractivity contribution in [3.05, 3.63) is 39.0 Å². The fourth-order valence-electron chi connectivity index (χ4n) is 1.53. The number of aromatic nitrogens is 2. The summed E-state index contributed by atoms with van der Waals surface area (Å²) in [5.74, 6) is -0.141. The van der Waals surface area contributed by atoms with E-state index in [0.717, 1.165) is 26.5 Å². The van der Waals surface area contributed by atoms with Crippen LogP contribution in [0.2, 0.25) is 0 Å². The highest BCUT2D eigenvalue weighted by Gasteiger charge is 2.11. The molecule has 0 aliphatic rings. The highest BCUT2D eigenvalue weighted by Crippen LogP contribution is 2.24. The van der Waals surface area contributed by atoms with Gasteiger partial charge in [-0.3, -0.25) is 4.79 Å². The summed E-state index contributed by atoms with van der Waals surface area (Å²) in [5.41, 5.74) is 2.84. The predicted molar refractivity (Wildman–Crippen MR) is 77.4 cm³/mol. The average Bonchev–Trinajstić information content (AvgIpc) is 2.97. The Morgan fingerprint density at radius 2 is 2.22 bits per heavy atom. The third-order valence-corrected chi connectivity index (χ3v) is 4.41. The Hall–Kier alpha value is -1.31. The number of thiophene rings is 1. The van der Waals surface area contributed by atoms with Gasteiger partial charge in [0.1, 0.15) is 11.0 Å². The second kappa shape index (κ2) is 4.75. The van der Waals surface area contributed by atoms with Crippen LogP contribution in [0.15, 0.2) is 33.4 Å². The molecule has 7 heteroatoms. The van der Waals surface area contributed by atoms with Gasteiger partial charge in [-0.05, 0) is 34.1 Å².